The topological polar surface area (TPSA) is 70.2 Å². The van der Waals surface area contributed by atoms with E-state index in [2.05, 4.69) is 16.0 Å². The molecule has 0 aliphatic rings. The molecule has 0 aliphatic heterocycles. The van der Waals surface area contributed by atoms with Gasteiger partial charge in [0.15, 0.2) is 0 Å². The standard InChI is InChI=1S/C10H21N3O2/c1-4-5-11-9(14)7-13-10(15)12-6-8(2)3/h8H,4-7H2,1-3H3,(H,11,14)(H2,12,13,15). The first kappa shape index (κ1) is 13.7. The van der Waals surface area contributed by atoms with Gasteiger partial charge in [0.2, 0.25) is 5.91 Å². The predicted octanol–water partition coefficient (Wildman–Crippen LogP) is 0.468. The van der Waals surface area contributed by atoms with Crippen LogP contribution in [0.15, 0.2) is 0 Å². The maximum atomic E-state index is 11.1. The summed E-state index contributed by atoms with van der Waals surface area (Å²) in [6, 6.07) is -0.296. The summed E-state index contributed by atoms with van der Waals surface area (Å²) in [6.45, 7) is 7.28. The molecule has 0 unspecified atom stereocenters. The summed E-state index contributed by atoms with van der Waals surface area (Å²) < 4.78 is 0. The molecule has 0 heterocycles. The van der Waals surface area contributed by atoms with Crippen LogP contribution in [0.5, 0.6) is 0 Å². The molecule has 0 aromatic carbocycles. The van der Waals surface area contributed by atoms with Gasteiger partial charge >= 0.3 is 6.03 Å². The number of nitrogens with one attached hydrogen (secondary N) is 3. The van der Waals surface area contributed by atoms with E-state index >= 15 is 0 Å². The average molecular weight is 215 g/mol. The molecular weight excluding hydrogens is 194 g/mol. The van der Waals surface area contributed by atoms with Crippen LogP contribution in [-0.2, 0) is 4.79 Å². The monoisotopic (exact) mass is 215 g/mol. The fourth-order valence-corrected chi connectivity index (χ4v) is 0.847. The van der Waals surface area contributed by atoms with E-state index < -0.39 is 0 Å². The lowest BCUT2D eigenvalue weighted by molar-refractivity contribution is -0.120. The van der Waals surface area contributed by atoms with E-state index in [0.29, 0.717) is 19.0 Å². The quantitative estimate of drug-likeness (QED) is 0.602. The highest BCUT2D eigenvalue weighted by Crippen LogP contribution is 1.86. The number of carbonyl (C=O) groups excluding carboxylic acids is 2. The van der Waals surface area contributed by atoms with Crippen molar-refractivity contribution in [1.29, 1.82) is 0 Å². The van der Waals surface area contributed by atoms with Gasteiger partial charge in [0.1, 0.15) is 0 Å². The van der Waals surface area contributed by atoms with Crippen molar-refractivity contribution < 1.29 is 9.59 Å². The van der Waals surface area contributed by atoms with Gasteiger partial charge < -0.3 is 16.0 Å². The number of amides is 3. The van der Waals surface area contributed by atoms with Crippen LogP contribution >= 0.6 is 0 Å². The molecule has 15 heavy (non-hydrogen) atoms. The first-order chi connectivity index (χ1) is 7.06. The van der Waals surface area contributed by atoms with Crippen molar-refractivity contribution in [3.05, 3.63) is 0 Å². The van der Waals surface area contributed by atoms with Crippen LogP contribution in [0, 0.1) is 5.92 Å². The Kier molecular flexibility index (Phi) is 7.40. The molecule has 0 aromatic rings. The van der Waals surface area contributed by atoms with Gasteiger partial charge in [0, 0.05) is 13.1 Å². The van der Waals surface area contributed by atoms with Crippen LogP contribution in [0.1, 0.15) is 27.2 Å². The lowest BCUT2D eigenvalue weighted by Crippen LogP contribution is -2.43. The van der Waals surface area contributed by atoms with Crippen LogP contribution in [0.4, 0.5) is 4.79 Å². The van der Waals surface area contributed by atoms with Crippen molar-refractivity contribution in [3.63, 3.8) is 0 Å². The van der Waals surface area contributed by atoms with Crippen LogP contribution in [0.2, 0.25) is 0 Å². The molecule has 0 bridgehead atoms. The first-order valence-corrected chi connectivity index (χ1v) is 5.34. The highest BCUT2D eigenvalue weighted by atomic mass is 16.2. The molecule has 0 fully saturated rings. The molecule has 0 atom stereocenters. The zero-order chi connectivity index (χ0) is 11.7. The third-order valence-corrected chi connectivity index (χ3v) is 1.65. The number of hydrogen-bond acceptors (Lipinski definition) is 2. The van der Waals surface area contributed by atoms with Gasteiger partial charge in [-0.25, -0.2) is 4.79 Å². The zero-order valence-corrected chi connectivity index (χ0v) is 9.72. The van der Waals surface area contributed by atoms with Crippen LogP contribution in [0.25, 0.3) is 0 Å². The summed E-state index contributed by atoms with van der Waals surface area (Å²) in [5, 5.41) is 7.82. The Bertz CT molecular complexity index is 205. The maximum absolute atomic E-state index is 11.1. The molecule has 0 spiro atoms. The number of urea groups is 1. The highest BCUT2D eigenvalue weighted by molar-refractivity contribution is 5.83. The smallest absolute Gasteiger partial charge is 0.315 e. The van der Waals surface area contributed by atoms with Crippen molar-refractivity contribution in [1.82, 2.24) is 16.0 Å². The van der Waals surface area contributed by atoms with Gasteiger partial charge in [0.25, 0.3) is 0 Å². The largest absolute Gasteiger partial charge is 0.355 e. The third kappa shape index (κ3) is 9.05. The summed E-state index contributed by atoms with van der Waals surface area (Å²) in [6.07, 6.45) is 0.894. The molecule has 3 N–H and O–H groups in total. The minimum Gasteiger partial charge on any atom is -0.355 e. The van der Waals surface area contributed by atoms with Gasteiger partial charge in [-0.05, 0) is 12.3 Å². The van der Waals surface area contributed by atoms with Gasteiger partial charge in [-0.2, -0.15) is 0 Å². The molecule has 5 heteroatoms. The van der Waals surface area contributed by atoms with Gasteiger partial charge in [-0.3, -0.25) is 4.79 Å². The molecular formula is C10H21N3O2. The van der Waals surface area contributed by atoms with E-state index in [9.17, 15) is 9.59 Å². The highest BCUT2D eigenvalue weighted by Gasteiger charge is 2.04. The summed E-state index contributed by atoms with van der Waals surface area (Å²) in [4.78, 5) is 22.2. The summed E-state index contributed by atoms with van der Waals surface area (Å²) in [5.74, 6) is 0.251. The lowest BCUT2D eigenvalue weighted by atomic mass is 10.2. The fraction of sp³-hybridized carbons (Fsp3) is 0.800. The van der Waals surface area contributed by atoms with Crippen LogP contribution in [-0.4, -0.2) is 31.6 Å². The Balaban J connectivity index is 3.49. The van der Waals surface area contributed by atoms with E-state index in [1.165, 1.54) is 0 Å². The minimum absolute atomic E-state index is 0.0317. The second-order valence-corrected chi connectivity index (χ2v) is 3.81. The molecule has 0 saturated heterocycles. The molecule has 0 aromatic heterocycles. The molecule has 0 rings (SSSR count). The van der Waals surface area contributed by atoms with Crippen molar-refractivity contribution in [2.45, 2.75) is 27.2 Å². The van der Waals surface area contributed by atoms with Gasteiger partial charge in [-0.1, -0.05) is 20.8 Å². The van der Waals surface area contributed by atoms with E-state index in [1.807, 2.05) is 20.8 Å². The van der Waals surface area contributed by atoms with E-state index in [1.54, 1.807) is 0 Å². The predicted molar refractivity (Wildman–Crippen MR) is 59.5 cm³/mol. The minimum atomic E-state index is -0.296. The Morgan fingerprint density at radius 3 is 2.33 bits per heavy atom. The van der Waals surface area contributed by atoms with Crippen molar-refractivity contribution in [2.24, 2.45) is 5.92 Å². The first-order valence-electron chi connectivity index (χ1n) is 5.34. The average Bonchev–Trinajstić information content (AvgIpc) is 2.20. The van der Waals surface area contributed by atoms with Crippen LogP contribution in [0.3, 0.4) is 0 Å². The van der Waals surface area contributed by atoms with Gasteiger partial charge in [-0.15, -0.1) is 0 Å². The fourth-order valence-electron chi connectivity index (χ4n) is 0.847. The molecule has 3 amide bonds. The zero-order valence-electron chi connectivity index (χ0n) is 9.72. The molecule has 88 valence electrons. The summed E-state index contributed by atoms with van der Waals surface area (Å²) in [5.41, 5.74) is 0. The SMILES string of the molecule is CCCNC(=O)CNC(=O)NCC(C)C. The van der Waals surface area contributed by atoms with E-state index in [-0.39, 0.29) is 18.5 Å². The number of rotatable bonds is 6. The summed E-state index contributed by atoms with van der Waals surface area (Å²) in [7, 11) is 0. The Morgan fingerprint density at radius 2 is 1.80 bits per heavy atom. The number of carbonyl (C=O) groups is 2. The lowest BCUT2D eigenvalue weighted by Gasteiger charge is -2.09. The second-order valence-electron chi connectivity index (χ2n) is 3.81. The Morgan fingerprint density at radius 1 is 1.13 bits per heavy atom. The molecule has 0 radical (unpaired) electrons. The van der Waals surface area contributed by atoms with Crippen molar-refractivity contribution >= 4 is 11.9 Å². The van der Waals surface area contributed by atoms with Crippen LogP contribution < -0.4 is 16.0 Å². The van der Waals surface area contributed by atoms with E-state index in [0.717, 1.165) is 6.42 Å². The Labute approximate surface area is 91.0 Å². The maximum Gasteiger partial charge on any atom is 0.315 e. The molecule has 0 saturated carbocycles. The van der Waals surface area contributed by atoms with Crippen molar-refractivity contribution in [3.8, 4) is 0 Å². The summed E-state index contributed by atoms with van der Waals surface area (Å²) >= 11 is 0. The van der Waals surface area contributed by atoms with Gasteiger partial charge in [0.05, 0.1) is 6.54 Å². The number of hydrogen-bond donors (Lipinski definition) is 3. The normalized spacial score (nSPS) is 9.87. The van der Waals surface area contributed by atoms with Crippen molar-refractivity contribution in [2.75, 3.05) is 19.6 Å². The third-order valence-electron chi connectivity index (χ3n) is 1.65. The molecule has 0 aliphatic carbocycles. The molecule has 5 nitrogen and oxygen atoms in total. The second kappa shape index (κ2) is 8.08. The van der Waals surface area contributed by atoms with E-state index in [4.69, 9.17) is 0 Å². The Hall–Kier alpha value is -1.26.